The van der Waals surface area contributed by atoms with Crippen molar-refractivity contribution in [3.63, 3.8) is 0 Å². The summed E-state index contributed by atoms with van der Waals surface area (Å²) in [7, 11) is -0.558. The van der Waals surface area contributed by atoms with Crippen molar-refractivity contribution in [2.75, 3.05) is 0 Å². The van der Waals surface area contributed by atoms with Crippen molar-refractivity contribution in [3.8, 4) is 22.3 Å². The molecule has 4 aromatic carbocycles. The standard InChI is InChI=1S/C37H36Si.2CH3.Hf/c1-6-11-34-33-19-10-18-32(30-16-8-13-24(3)26(30)5)36(33)22-37(34)38-28-20-27-14-9-17-31(35(27)21-28)29-15-7-12-23(2)25(29)4;;;/h7-10,12-22,34H,1,6,11,38H2,2-5H3;2*1H3;. The van der Waals surface area contributed by atoms with Gasteiger partial charge in [-0.05, 0) is 0 Å². The van der Waals surface area contributed by atoms with Gasteiger partial charge >= 0.3 is 255 Å². The van der Waals surface area contributed by atoms with Crippen LogP contribution in [0.3, 0.4) is 0 Å². The van der Waals surface area contributed by atoms with E-state index >= 15 is 0 Å². The third kappa shape index (κ3) is 4.48. The van der Waals surface area contributed by atoms with E-state index in [1.165, 1.54) is 67.1 Å². The molecule has 0 amide bonds. The Hall–Kier alpha value is -2.55. The van der Waals surface area contributed by atoms with E-state index in [9.17, 15) is 0 Å². The molecule has 206 valence electrons. The molecule has 2 unspecified atom stereocenters. The fourth-order valence-corrected chi connectivity index (χ4v) is 29.0. The van der Waals surface area contributed by atoms with Crippen molar-refractivity contribution in [2.45, 2.75) is 63.7 Å². The van der Waals surface area contributed by atoms with Gasteiger partial charge in [0, 0.05) is 0 Å². The van der Waals surface area contributed by atoms with Crippen molar-refractivity contribution in [3.05, 3.63) is 128 Å². The molecule has 2 aliphatic carbocycles. The third-order valence-electron chi connectivity index (χ3n) is 10.7. The van der Waals surface area contributed by atoms with Crippen molar-refractivity contribution in [2.24, 2.45) is 0 Å². The quantitative estimate of drug-likeness (QED) is 0.181. The maximum atomic E-state index is 2.77. The van der Waals surface area contributed by atoms with E-state index in [-0.39, 0.29) is 0 Å². The topological polar surface area (TPSA) is 0 Å². The van der Waals surface area contributed by atoms with Crippen LogP contribution in [-0.4, -0.2) is 9.52 Å². The van der Waals surface area contributed by atoms with E-state index in [1.54, 1.807) is 21.9 Å². The summed E-state index contributed by atoms with van der Waals surface area (Å²) in [6, 6.07) is 28.0. The first-order valence-corrected chi connectivity index (χ1v) is 28.8. The molecule has 3 aliphatic rings. The molecule has 1 heterocycles. The average Bonchev–Trinajstić information content (AvgIpc) is 3.50. The number of hydrogen-bond acceptors (Lipinski definition) is 0. The maximum absolute atomic E-state index is 2.77. The zero-order valence-corrected chi connectivity index (χ0v) is 30.6. The Morgan fingerprint density at radius 3 is 1.76 bits per heavy atom. The van der Waals surface area contributed by atoms with E-state index in [4.69, 9.17) is 0 Å². The Morgan fingerprint density at radius 1 is 0.610 bits per heavy atom. The average molecular weight is 717 g/mol. The second-order valence-electron chi connectivity index (χ2n) is 13.6. The van der Waals surface area contributed by atoms with Crippen LogP contribution in [0.25, 0.3) is 34.4 Å². The summed E-state index contributed by atoms with van der Waals surface area (Å²) in [4.78, 5) is 0. The Morgan fingerprint density at radius 2 is 1.12 bits per heavy atom. The molecule has 0 aromatic heterocycles. The summed E-state index contributed by atoms with van der Waals surface area (Å²) in [5, 5.41) is 3.64. The van der Waals surface area contributed by atoms with E-state index in [0.29, 0.717) is 5.92 Å². The summed E-state index contributed by atoms with van der Waals surface area (Å²) in [5.41, 5.74) is 17.7. The molecule has 0 saturated carbocycles. The molecule has 0 nitrogen and oxygen atoms in total. The number of benzene rings is 4. The summed E-state index contributed by atoms with van der Waals surface area (Å²) in [5.74, 6) is 0.618. The Balaban J connectivity index is 1.36. The van der Waals surface area contributed by atoms with Gasteiger partial charge in [0.1, 0.15) is 0 Å². The number of rotatable bonds is 2. The zero-order valence-electron chi connectivity index (χ0n) is 25.6. The van der Waals surface area contributed by atoms with E-state index < -0.39 is 29.5 Å². The van der Waals surface area contributed by atoms with Crippen LogP contribution in [0, 0.1) is 27.7 Å². The van der Waals surface area contributed by atoms with Crippen molar-refractivity contribution in [1.82, 2.24) is 0 Å². The predicted octanol–water partition coefficient (Wildman–Crippen LogP) is 10.4. The van der Waals surface area contributed by atoms with Gasteiger partial charge in [0.25, 0.3) is 0 Å². The number of fused-ring (bicyclic) bond motifs is 6. The van der Waals surface area contributed by atoms with Gasteiger partial charge in [-0.25, -0.2) is 0 Å². The van der Waals surface area contributed by atoms with Crippen LogP contribution in [0.4, 0.5) is 0 Å². The third-order valence-corrected chi connectivity index (χ3v) is 28.3. The van der Waals surface area contributed by atoms with E-state index in [1.807, 2.05) is 5.20 Å². The van der Waals surface area contributed by atoms with Gasteiger partial charge in [-0.15, -0.1) is 0 Å². The summed E-state index contributed by atoms with van der Waals surface area (Å²) < 4.78 is 7.77. The molecule has 0 N–H and O–H groups in total. The van der Waals surface area contributed by atoms with Crippen LogP contribution in [-0.2, 0) is 20.0 Å². The Kier molecular flexibility index (Phi) is 6.87. The van der Waals surface area contributed by atoms with Crippen molar-refractivity contribution >= 4 is 21.7 Å². The van der Waals surface area contributed by atoms with Gasteiger partial charge in [-0.3, -0.25) is 0 Å². The van der Waals surface area contributed by atoms with E-state index in [0.717, 1.165) is 3.67 Å². The van der Waals surface area contributed by atoms with Gasteiger partial charge < -0.3 is 0 Å². The first kappa shape index (κ1) is 27.3. The normalized spacial score (nSPS) is 21.1. The molecule has 1 aliphatic heterocycles. The molecule has 7 rings (SSSR count). The molecule has 2 atom stereocenters. The first-order chi connectivity index (χ1) is 19.7. The molecule has 4 aromatic rings. The summed E-state index contributed by atoms with van der Waals surface area (Å²) in [6.45, 7) is 9.09. The molecule has 1 saturated heterocycles. The minimum atomic E-state index is -2.57. The second-order valence-corrected chi connectivity index (χ2v) is 33.7. The number of allylic oxidation sites excluding steroid dienone is 2. The van der Waals surface area contributed by atoms with Gasteiger partial charge in [0.05, 0.1) is 0 Å². The molecular formula is C39H42HfSi. The summed E-state index contributed by atoms with van der Waals surface area (Å²) in [6.07, 6.45) is 8.10. The van der Waals surface area contributed by atoms with E-state index in [2.05, 4.69) is 122 Å². The second kappa shape index (κ2) is 10.3. The van der Waals surface area contributed by atoms with Crippen LogP contribution in [0.15, 0.2) is 83.2 Å². The first-order valence-electron chi connectivity index (χ1n) is 15.5. The monoisotopic (exact) mass is 718 g/mol. The van der Waals surface area contributed by atoms with Gasteiger partial charge in [0.15, 0.2) is 0 Å². The fraction of sp³-hybridized carbons (Fsp3) is 0.282. The van der Waals surface area contributed by atoms with Crippen molar-refractivity contribution < 1.29 is 20.0 Å². The Labute approximate surface area is 253 Å². The number of aryl methyl sites for hydroxylation is 2. The molecular weight excluding hydrogens is 675 g/mol. The van der Waals surface area contributed by atoms with Gasteiger partial charge in [-0.1, -0.05) is 0 Å². The number of hydrogen-bond donors (Lipinski definition) is 0. The van der Waals surface area contributed by atoms with Gasteiger partial charge in [-0.2, -0.15) is 0 Å². The Bertz CT molecular complexity index is 1770. The predicted molar refractivity (Wildman–Crippen MR) is 178 cm³/mol. The van der Waals surface area contributed by atoms with Crippen LogP contribution in [0.5, 0.6) is 0 Å². The van der Waals surface area contributed by atoms with Crippen molar-refractivity contribution in [1.29, 1.82) is 0 Å². The fourth-order valence-electron chi connectivity index (χ4n) is 8.29. The zero-order chi connectivity index (χ0) is 28.5. The minimum absolute atomic E-state index is 0.558. The van der Waals surface area contributed by atoms with Crippen LogP contribution >= 0.6 is 0 Å². The summed E-state index contributed by atoms with van der Waals surface area (Å²) >= 11 is -2.57. The van der Waals surface area contributed by atoms with Crippen LogP contribution < -0.4 is 0 Å². The molecule has 0 spiro atoms. The van der Waals surface area contributed by atoms with Gasteiger partial charge in [0.2, 0.25) is 0 Å². The molecule has 0 radical (unpaired) electrons. The van der Waals surface area contributed by atoms with Crippen LogP contribution in [0.2, 0.25) is 13.5 Å². The SMILES string of the molecule is Cc1cccc(-c2cccc3c2C=C2[SiH2]C4=Cc5c(-c6cccc(C)c6C)cccc5[CH]4[Hf]([CH3])([CH3])[CH2]CCC23)c1C. The molecule has 0 bridgehead atoms. The van der Waals surface area contributed by atoms with Crippen LogP contribution in [0.1, 0.15) is 66.9 Å². The molecule has 2 heteroatoms. The molecule has 1 fully saturated rings. The molecule has 41 heavy (non-hydrogen) atoms.